The molecule has 90 valence electrons. The quantitative estimate of drug-likeness (QED) is 0.683. The van der Waals surface area contributed by atoms with E-state index in [2.05, 4.69) is 15.4 Å². The summed E-state index contributed by atoms with van der Waals surface area (Å²) in [7, 11) is 0. The van der Waals surface area contributed by atoms with Crippen LogP contribution in [0.3, 0.4) is 0 Å². The third kappa shape index (κ3) is 4.39. The molecule has 1 unspecified atom stereocenters. The molecule has 0 fully saturated rings. The number of carbonyl (C=O) groups is 1. The highest BCUT2D eigenvalue weighted by Gasteiger charge is 2.09. The van der Waals surface area contributed by atoms with Gasteiger partial charge in [-0.25, -0.2) is 4.98 Å². The Morgan fingerprint density at radius 1 is 1.62 bits per heavy atom. The molecule has 1 atom stereocenters. The van der Waals surface area contributed by atoms with E-state index >= 15 is 0 Å². The molecule has 0 aliphatic heterocycles. The van der Waals surface area contributed by atoms with Crippen LogP contribution in [0.4, 0.5) is 0 Å². The molecule has 2 N–H and O–H groups in total. The average molecular weight is 226 g/mol. The molecular formula is C10H18N4O2. The van der Waals surface area contributed by atoms with Crippen molar-refractivity contribution in [3.8, 4) is 0 Å². The third-order valence-electron chi connectivity index (χ3n) is 2.37. The van der Waals surface area contributed by atoms with E-state index in [1.807, 2.05) is 6.92 Å². The molecule has 0 aliphatic rings. The Morgan fingerprint density at radius 2 is 2.44 bits per heavy atom. The summed E-state index contributed by atoms with van der Waals surface area (Å²) in [4.78, 5) is 15.3. The Balaban J connectivity index is 2.24. The summed E-state index contributed by atoms with van der Waals surface area (Å²) < 4.78 is 1.62. The molecule has 1 rings (SSSR count). The number of aliphatic hydroxyl groups excluding tert-OH is 1. The van der Waals surface area contributed by atoms with Gasteiger partial charge in [0.05, 0.1) is 6.54 Å². The summed E-state index contributed by atoms with van der Waals surface area (Å²) in [5.74, 6) is -0.0178. The molecule has 0 spiro atoms. The van der Waals surface area contributed by atoms with Crippen LogP contribution < -0.4 is 5.32 Å². The lowest BCUT2D eigenvalue weighted by atomic mass is 10.1. The van der Waals surface area contributed by atoms with Crippen LogP contribution in [-0.4, -0.2) is 38.4 Å². The molecule has 1 amide bonds. The first-order valence-electron chi connectivity index (χ1n) is 5.49. The van der Waals surface area contributed by atoms with Gasteiger partial charge in [0, 0.05) is 19.1 Å². The summed E-state index contributed by atoms with van der Waals surface area (Å²) in [6, 6.07) is 0.0632. The van der Waals surface area contributed by atoms with Crippen molar-refractivity contribution in [1.82, 2.24) is 20.1 Å². The lowest BCUT2D eigenvalue weighted by Crippen LogP contribution is -2.35. The summed E-state index contributed by atoms with van der Waals surface area (Å²) in [6.45, 7) is 2.61. The second-order valence-electron chi connectivity index (χ2n) is 3.59. The largest absolute Gasteiger partial charge is 0.396 e. The molecule has 1 heterocycles. The van der Waals surface area contributed by atoms with Crippen molar-refractivity contribution in [2.24, 2.45) is 0 Å². The standard InChI is InChI=1S/C10H18N4O2/c1-2-9(4-6-15)13-10(16)3-5-14-8-11-7-12-14/h7-9,15H,2-6H2,1H3,(H,13,16). The Hall–Kier alpha value is -1.43. The molecule has 0 saturated carbocycles. The van der Waals surface area contributed by atoms with Gasteiger partial charge in [-0.2, -0.15) is 5.10 Å². The average Bonchev–Trinajstić information content (AvgIpc) is 2.78. The van der Waals surface area contributed by atoms with Crippen LogP contribution in [0.1, 0.15) is 26.2 Å². The van der Waals surface area contributed by atoms with Gasteiger partial charge in [0.15, 0.2) is 0 Å². The molecule has 0 aliphatic carbocycles. The van der Waals surface area contributed by atoms with Crippen molar-refractivity contribution in [2.75, 3.05) is 6.61 Å². The minimum Gasteiger partial charge on any atom is -0.396 e. The molecule has 0 aromatic carbocycles. The van der Waals surface area contributed by atoms with Crippen molar-refractivity contribution in [3.05, 3.63) is 12.7 Å². The van der Waals surface area contributed by atoms with Gasteiger partial charge in [-0.1, -0.05) is 6.92 Å². The molecule has 1 aromatic rings. The molecular weight excluding hydrogens is 208 g/mol. The number of hydrogen-bond donors (Lipinski definition) is 2. The zero-order valence-corrected chi connectivity index (χ0v) is 9.46. The summed E-state index contributed by atoms with van der Waals surface area (Å²) in [6.07, 6.45) is 4.84. The van der Waals surface area contributed by atoms with Crippen LogP contribution in [0.25, 0.3) is 0 Å². The highest BCUT2D eigenvalue weighted by atomic mass is 16.3. The molecule has 1 aromatic heterocycles. The smallest absolute Gasteiger partial charge is 0.222 e. The molecule has 6 nitrogen and oxygen atoms in total. The van der Waals surface area contributed by atoms with Crippen LogP contribution in [-0.2, 0) is 11.3 Å². The van der Waals surface area contributed by atoms with Gasteiger partial charge in [0.25, 0.3) is 0 Å². The number of amides is 1. The summed E-state index contributed by atoms with van der Waals surface area (Å²) >= 11 is 0. The van der Waals surface area contributed by atoms with Gasteiger partial charge in [-0.3, -0.25) is 9.48 Å². The SMILES string of the molecule is CCC(CCO)NC(=O)CCn1cncn1. The predicted molar refractivity (Wildman–Crippen MR) is 58.6 cm³/mol. The van der Waals surface area contributed by atoms with Crippen molar-refractivity contribution in [2.45, 2.75) is 38.8 Å². The van der Waals surface area contributed by atoms with Gasteiger partial charge in [-0.05, 0) is 12.8 Å². The topological polar surface area (TPSA) is 80.0 Å². The zero-order valence-electron chi connectivity index (χ0n) is 9.46. The minimum atomic E-state index is -0.0178. The van der Waals surface area contributed by atoms with Gasteiger partial charge in [0.1, 0.15) is 12.7 Å². The van der Waals surface area contributed by atoms with Crippen molar-refractivity contribution in [1.29, 1.82) is 0 Å². The maximum atomic E-state index is 11.5. The molecule has 0 saturated heterocycles. The molecule has 0 bridgehead atoms. The second-order valence-corrected chi connectivity index (χ2v) is 3.59. The maximum Gasteiger partial charge on any atom is 0.222 e. The Morgan fingerprint density at radius 3 is 3.00 bits per heavy atom. The second kappa shape index (κ2) is 6.95. The Kier molecular flexibility index (Phi) is 5.49. The number of carbonyl (C=O) groups excluding carboxylic acids is 1. The van der Waals surface area contributed by atoms with E-state index in [0.29, 0.717) is 19.4 Å². The van der Waals surface area contributed by atoms with Gasteiger partial charge >= 0.3 is 0 Å². The number of nitrogens with zero attached hydrogens (tertiary/aromatic N) is 3. The fraction of sp³-hybridized carbons (Fsp3) is 0.700. The highest BCUT2D eigenvalue weighted by molar-refractivity contribution is 5.76. The van der Waals surface area contributed by atoms with E-state index in [1.165, 1.54) is 6.33 Å². The van der Waals surface area contributed by atoms with Crippen LogP contribution in [0.2, 0.25) is 0 Å². The van der Waals surface area contributed by atoms with E-state index in [1.54, 1.807) is 11.0 Å². The normalized spacial score (nSPS) is 12.4. The van der Waals surface area contributed by atoms with Crippen molar-refractivity contribution < 1.29 is 9.90 Å². The Labute approximate surface area is 94.7 Å². The van der Waals surface area contributed by atoms with Crippen LogP contribution in [0.5, 0.6) is 0 Å². The number of aryl methyl sites for hydroxylation is 1. The molecule has 16 heavy (non-hydrogen) atoms. The monoisotopic (exact) mass is 226 g/mol. The first-order chi connectivity index (χ1) is 7.76. The lowest BCUT2D eigenvalue weighted by Gasteiger charge is -2.15. The van der Waals surface area contributed by atoms with E-state index in [-0.39, 0.29) is 18.6 Å². The first kappa shape index (κ1) is 12.6. The van der Waals surface area contributed by atoms with E-state index in [9.17, 15) is 4.79 Å². The van der Waals surface area contributed by atoms with Gasteiger partial charge in [-0.15, -0.1) is 0 Å². The number of aliphatic hydroxyl groups is 1. The molecule has 6 heteroatoms. The minimum absolute atomic E-state index is 0.0178. The highest BCUT2D eigenvalue weighted by Crippen LogP contribution is 1.97. The molecule has 0 radical (unpaired) electrons. The van der Waals surface area contributed by atoms with Crippen LogP contribution in [0.15, 0.2) is 12.7 Å². The van der Waals surface area contributed by atoms with E-state index in [0.717, 1.165) is 6.42 Å². The van der Waals surface area contributed by atoms with Gasteiger partial charge in [0.2, 0.25) is 5.91 Å². The Bertz CT molecular complexity index is 300. The number of aromatic nitrogens is 3. The third-order valence-corrected chi connectivity index (χ3v) is 2.37. The van der Waals surface area contributed by atoms with Gasteiger partial charge < -0.3 is 10.4 Å². The van der Waals surface area contributed by atoms with Crippen LogP contribution in [0, 0.1) is 0 Å². The van der Waals surface area contributed by atoms with Crippen LogP contribution >= 0.6 is 0 Å². The summed E-state index contributed by atoms with van der Waals surface area (Å²) in [5.41, 5.74) is 0. The fourth-order valence-corrected chi connectivity index (χ4v) is 1.40. The fourth-order valence-electron chi connectivity index (χ4n) is 1.40. The van der Waals surface area contributed by atoms with E-state index < -0.39 is 0 Å². The number of nitrogens with one attached hydrogen (secondary N) is 1. The lowest BCUT2D eigenvalue weighted by molar-refractivity contribution is -0.122. The first-order valence-corrected chi connectivity index (χ1v) is 5.49. The number of hydrogen-bond acceptors (Lipinski definition) is 4. The predicted octanol–water partition coefficient (Wildman–Crippen LogP) is -0.0546. The van der Waals surface area contributed by atoms with E-state index in [4.69, 9.17) is 5.11 Å². The van der Waals surface area contributed by atoms with Crippen molar-refractivity contribution in [3.63, 3.8) is 0 Å². The van der Waals surface area contributed by atoms with Crippen molar-refractivity contribution >= 4 is 5.91 Å². The maximum absolute atomic E-state index is 11.5. The summed E-state index contributed by atoms with van der Waals surface area (Å²) in [5, 5.41) is 15.6. The zero-order chi connectivity index (χ0) is 11.8. The number of rotatable bonds is 7.